The van der Waals surface area contributed by atoms with Crippen molar-refractivity contribution in [1.82, 2.24) is 4.90 Å². The van der Waals surface area contributed by atoms with E-state index in [1.54, 1.807) is 24.3 Å². The van der Waals surface area contributed by atoms with E-state index < -0.39 is 0 Å². The first-order chi connectivity index (χ1) is 11.7. The van der Waals surface area contributed by atoms with E-state index in [-0.39, 0.29) is 24.2 Å². The quantitative estimate of drug-likeness (QED) is 0.373. The number of carbonyl (C=O) groups is 2. The second-order valence-electron chi connectivity index (χ2n) is 5.81. The van der Waals surface area contributed by atoms with Gasteiger partial charge in [0.05, 0.1) is 6.54 Å². The molecular formula is C19H16ClN3O2. The summed E-state index contributed by atoms with van der Waals surface area (Å²) in [6.07, 6.45) is 3.82. The van der Waals surface area contributed by atoms with Crippen LogP contribution in [0.25, 0.3) is 10.8 Å². The first kappa shape index (κ1) is 16.9. The van der Waals surface area contributed by atoms with Crippen LogP contribution in [-0.2, 0) is 6.54 Å². The number of nitrogens with two attached hydrogens (primary N) is 1. The van der Waals surface area contributed by atoms with Crippen LogP contribution in [0.2, 0.25) is 0 Å². The van der Waals surface area contributed by atoms with E-state index in [0.717, 1.165) is 5.39 Å². The molecular weight excluding hydrogens is 338 g/mol. The minimum atomic E-state index is -0.264. The van der Waals surface area contributed by atoms with Crippen LogP contribution in [0.15, 0.2) is 60.9 Å². The van der Waals surface area contributed by atoms with Gasteiger partial charge in [-0.3, -0.25) is 14.5 Å². The third-order valence-electron chi connectivity index (χ3n) is 4.38. The first-order valence-electron chi connectivity index (χ1n) is 7.78. The molecule has 2 N–H and O–H groups in total. The number of pyridine rings is 1. The third kappa shape index (κ3) is 2.72. The molecule has 0 atom stereocenters. The molecule has 2 heterocycles. The van der Waals surface area contributed by atoms with Crippen LogP contribution in [0.1, 0.15) is 20.7 Å². The SMILES string of the molecule is Nc1ccc2c3c(cccc13)C(=O)N(CC[n+]1ccccc1)C2=O.[Cl-]. The number of nitrogens with zero attached hydrogens (tertiary/aromatic N) is 2. The molecule has 0 bridgehead atoms. The Balaban J connectivity index is 0.00000182. The highest BCUT2D eigenvalue weighted by molar-refractivity contribution is 6.26. The second kappa shape index (κ2) is 6.53. The monoisotopic (exact) mass is 353 g/mol. The maximum Gasteiger partial charge on any atom is 0.261 e. The van der Waals surface area contributed by atoms with E-state index in [0.29, 0.717) is 35.3 Å². The van der Waals surface area contributed by atoms with Crippen molar-refractivity contribution in [3.8, 4) is 0 Å². The van der Waals surface area contributed by atoms with Crippen LogP contribution in [0.5, 0.6) is 0 Å². The Morgan fingerprint density at radius 3 is 2.28 bits per heavy atom. The average molecular weight is 354 g/mol. The van der Waals surface area contributed by atoms with E-state index in [2.05, 4.69) is 0 Å². The number of hydrogen-bond acceptors (Lipinski definition) is 3. The Hall–Kier alpha value is -2.92. The summed E-state index contributed by atoms with van der Waals surface area (Å²) in [5.74, 6) is -0.527. The first-order valence-corrected chi connectivity index (χ1v) is 7.78. The number of nitrogen functional groups attached to an aromatic ring is 1. The van der Waals surface area contributed by atoms with Crippen molar-refractivity contribution >= 4 is 28.3 Å². The fourth-order valence-electron chi connectivity index (χ4n) is 3.17. The highest BCUT2D eigenvalue weighted by Gasteiger charge is 2.33. The molecule has 0 saturated carbocycles. The van der Waals surface area contributed by atoms with Crippen LogP contribution in [0.3, 0.4) is 0 Å². The van der Waals surface area contributed by atoms with E-state index in [1.165, 1.54) is 4.90 Å². The summed E-state index contributed by atoms with van der Waals surface area (Å²) in [7, 11) is 0. The van der Waals surface area contributed by atoms with Gasteiger partial charge in [0.2, 0.25) is 0 Å². The highest BCUT2D eigenvalue weighted by atomic mass is 35.5. The summed E-state index contributed by atoms with van der Waals surface area (Å²) < 4.78 is 1.94. The molecule has 0 saturated heterocycles. The van der Waals surface area contributed by atoms with Crippen molar-refractivity contribution in [2.24, 2.45) is 0 Å². The van der Waals surface area contributed by atoms with E-state index in [1.807, 2.05) is 41.2 Å². The van der Waals surface area contributed by atoms with Gasteiger partial charge in [-0.15, -0.1) is 0 Å². The predicted octanol–water partition coefficient (Wildman–Crippen LogP) is -0.990. The number of benzene rings is 2. The minimum Gasteiger partial charge on any atom is -1.00 e. The Bertz CT molecular complexity index is 951. The number of hydrogen-bond donors (Lipinski definition) is 1. The predicted molar refractivity (Wildman–Crippen MR) is 90.4 cm³/mol. The Kier molecular flexibility index (Phi) is 4.42. The Labute approximate surface area is 151 Å². The maximum absolute atomic E-state index is 12.8. The van der Waals surface area contributed by atoms with Crippen molar-refractivity contribution in [3.63, 3.8) is 0 Å². The summed E-state index contributed by atoms with van der Waals surface area (Å²) >= 11 is 0. The average Bonchev–Trinajstić information content (AvgIpc) is 2.61. The summed E-state index contributed by atoms with van der Waals surface area (Å²) in [4.78, 5) is 26.9. The standard InChI is InChI=1S/C19H15N3O2.ClH/c20-16-8-7-15-17-13(16)5-4-6-14(17)18(23)22(19(15)24)12-11-21-9-2-1-3-10-21;/h1-10H,11-12H2,(H-,20,23,24);1H. The molecule has 0 spiro atoms. The van der Waals surface area contributed by atoms with Crippen LogP contribution < -0.4 is 22.7 Å². The minimum absolute atomic E-state index is 0. The number of aromatic nitrogens is 1. The van der Waals surface area contributed by atoms with Gasteiger partial charge >= 0.3 is 0 Å². The Morgan fingerprint density at radius 1 is 0.880 bits per heavy atom. The number of amides is 2. The van der Waals surface area contributed by atoms with Gasteiger partial charge in [0.15, 0.2) is 18.9 Å². The van der Waals surface area contributed by atoms with Crippen molar-refractivity contribution in [3.05, 3.63) is 72.1 Å². The largest absolute Gasteiger partial charge is 1.00 e. The van der Waals surface area contributed by atoms with Crippen LogP contribution >= 0.6 is 0 Å². The zero-order chi connectivity index (χ0) is 16.7. The molecule has 126 valence electrons. The maximum atomic E-state index is 12.8. The van der Waals surface area contributed by atoms with Crippen molar-refractivity contribution in [2.75, 3.05) is 12.3 Å². The molecule has 1 aromatic heterocycles. The lowest BCUT2D eigenvalue weighted by Crippen LogP contribution is -3.00. The van der Waals surface area contributed by atoms with E-state index in [4.69, 9.17) is 5.73 Å². The molecule has 2 amide bonds. The molecule has 6 heteroatoms. The fraction of sp³-hybridized carbons (Fsp3) is 0.105. The summed E-state index contributed by atoms with van der Waals surface area (Å²) in [5.41, 5.74) is 7.64. The zero-order valence-corrected chi connectivity index (χ0v) is 14.1. The molecule has 0 unspecified atom stereocenters. The lowest BCUT2D eigenvalue weighted by atomic mass is 9.93. The molecule has 0 fully saturated rings. The van der Waals surface area contributed by atoms with Crippen molar-refractivity contribution < 1.29 is 26.6 Å². The molecule has 0 radical (unpaired) electrons. The van der Waals surface area contributed by atoms with Gasteiger partial charge in [-0.05, 0) is 18.2 Å². The lowest BCUT2D eigenvalue weighted by molar-refractivity contribution is -0.695. The zero-order valence-electron chi connectivity index (χ0n) is 13.4. The number of imide groups is 1. The molecule has 25 heavy (non-hydrogen) atoms. The number of carbonyl (C=O) groups excluding carboxylic acids is 2. The van der Waals surface area contributed by atoms with Crippen LogP contribution in [-0.4, -0.2) is 23.3 Å². The fourth-order valence-corrected chi connectivity index (χ4v) is 3.17. The topological polar surface area (TPSA) is 67.3 Å². The molecule has 4 rings (SSSR count). The van der Waals surface area contributed by atoms with Gasteiger partial charge in [0.25, 0.3) is 11.8 Å². The van der Waals surface area contributed by atoms with Gasteiger partial charge < -0.3 is 18.1 Å². The van der Waals surface area contributed by atoms with E-state index >= 15 is 0 Å². The lowest BCUT2D eigenvalue weighted by Gasteiger charge is -2.26. The Morgan fingerprint density at radius 2 is 1.56 bits per heavy atom. The van der Waals surface area contributed by atoms with Gasteiger partial charge in [0.1, 0.15) is 0 Å². The molecule has 1 aliphatic heterocycles. The van der Waals surface area contributed by atoms with Crippen LogP contribution in [0, 0.1) is 0 Å². The van der Waals surface area contributed by atoms with Gasteiger partial charge in [-0.25, -0.2) is 4.57 Å². The summed E-state index contributed by atoms with van der Waals surface area (Å²) in [6.45, 7) is 0.880. The van der Waals surface area contributed by atoms with Gasteiger partial charge in [-0.2, -0.15) is 0 Å². The molecule has 3 aromatic rings. The highest BCUT2D eigenvalue weighted by Crippen LogP contribution is 2.32. The number of halogens is 1. The smallest absolute Gasteiger partial charge is 0.261 e. The molecule has 1 aliphatic rings. The molecule has 5 nitrogen and oxygen atoms in total. The van der Waals surface area contributed by atoms with Crippen molar-refractivity contribution in [1.29, 1.82) is 0 Å². The molecule has 0 aliphatic carbocycles. The number of anilines is 1. The second-order valence-corrected chi connectivity index (χ2v) is 5.81. The van der Waals surface area contributed by atoms with Crippen LogP contribution in [0.4, 0.5) is 5.69 Å². The molecule has 2 aromatic carbocycles. The normalized spacial score (nSPS) is 13.0. The van der Waals surface area contributed by atoms with Gasteiger partial charge in [-0.1, -0.05) is 18.2 Å². The van der Waals surface area contributed by atoms with Gasteiger partial charge in [0, 0.05) is 39.7 Å². The van der Waals surface area contributed by atoms with E-state index in [9.17, 15) is 9.59 Å². The summed E-state index contributed by atoms with van der Waals surface area (Å²) in [6, 6.07) is 14.6. The number of rotatable bonds is 3. The third-order valence-corrected chi connectivity index (χ3v) is 4.38. The summed E-state index contributed by atoms with van der Waals surface area (Å²) in [5, 5.41) is 1.42. The van der Waals surface area contributed by atoms with Crippen molar-refractivity contribution in [2.45, 2.75) is 6.54 Å².